The molecular formula is C78H149NO5. The van der Waals surface area contributed by atoms with E-state index in [1.54, 1.807) is 6.08 Å². The van der Waals surface area contributed by atoms with Gasteiger partial charge in [-0.05, 0) is 83.5 Å². The third kappa shape index (κ3) is 69.2. The van der Waals surface area contributed by atoms with Crippen molar-refractivity contribution in [2.75, 3.05) is 13.2 Å². The molecule has 0 aliphatic carbocycles. The molecule has 0 aromatic rings. The smallest absolute Gasteiger partial charge is 0.305 e. The number of amides is 1. The summed E-state index contributed by atoms with van der Waals surface area (Å²) < 4.78 is 5.48. The minimum Gasteiger partial charge on any atom is -0.466 e. The van der Waals surface area contributed by atoms with Crippen LogP contribution in [0.1, 0.15) is 425 Å². The van der Waals surface area contributed by atoms with E-state index in [0.717, 1.165) is 44.9 Å². The minimum atomic E-state index is -0.842. The molecule has 0 aromatic heterocycles. The van der Waals surface area contributed by atoms with E-state index in [-0.39, 0.29) is 18.5 Å². The summed E-state index contributed by atoms with van der Waals surface area (Å²) in [5.41, 5.74) is 0. The first kappa shape index (κ1) is 82.1. The zero-order valence-electron chi connectivity index (χ0n) is 56.9. The molecule has 3 N–H and O–H groups in total. The van der Waals surface area contributed by atoms with E-state index in [0.29, 0.717) is 19.4 Å². The Morgan fingerprint density at radius 1 is 0.321 bits per heavy atom. The largest absolute Gasteiger partial charge is 0.466 e. The number of ether oxygens (including phenoxy) is 1. The zero-order valence-corrected chi connectivity index (χ0v) is 56.9. The Morgan fingerprint density at radius 2 is 0.560 bits per heavy atom. The Kier molecular flexibility index (Phi) is 71.9. The van der Waals surface area contributed by atoms with Gasteiger partial charge in [0.15, 0.2) is 0 Å². The van der Waals surface area contributed by atoms with Crippen molar-refractivity contribution in [2.45, 2.75) is 437 Å². The highest BCUT2D eigenvalue weighted by atomic mass is 16.5. The number of rotatable bonds is 72. The van der Waals surface area contributed by atoms with Gasteiger partial charge in [0.25, 0.3) is 0 Å². The SMILES string of the molecule is CCCCC/C=C\CCCCCCCC(=O)OCCCCCCCCCCCCCCCCCC/C=C\CCCCCCCCCCCCCCCCCCCC(=O)NC(CO)C(O)/C=C/CCCCCCCCCCCCCCCCCC. The van der Waals surface area contributed by atoms with Crippen molar-refractivity contribution in [1.29, 1.82) is 0 Å². The zero-order chi connectivity index (χ0) is 60.6. The van der Waals surface area contributed by atoms with Gasteiger partial charge in [-0.15, -0.1) is 0 Å². The van der Waals surface area contributed by atoms with Crippen molar-refractivity contribution in [1.82, 2.24) is 5.32 Å². The summed E-state index contributed by atoms with van der Waals surface area (Å²) in [5, 5.41) is 23.2. The molecule has 84 heavy (non-hydrogen) atoms. The number of esters is 1. The van der Waals surface area contributed by atoms with Crippen LogP contribution in [0.15, 0.2) is 36.5 Å². The molecule has 0 spiro atoms. The van der Waals surface area contributed by atoms with Crippen LogP contribution in [0.25, 0.3) is 0 Å². The molecule has 0 rings (SSSR count). The van der Waals surface area contributed by atoms with Crippen molar-refractivity contribution >= 4 is 11.9 Å². The summed E-state index contributed by atoms with van der Waals surface area (Å²) in [6.45, 7) is 4.92. The lowest BCUT2D eigenvalue weighted by Crippen LogP contribution is -2.45. The number of hydrogen-bond acceptors (Lipinski definition) is 5. The van der Waals surface area contributed by atoms with Crippen LogP contribution < -0.4 is 5.32 Å². The van der Waals surface area contributed by atoms with Crippen LogP contribution in [-0.4, -0.2) is 47.4 Å². The highest BCUT2D eigenvalue weighted by molar-refractivity contribution is 5.76. The first-order chi connectivity index (χ1) is 41.5. The van der Waals surface area contributed by atoms with Gasteiger partial charge in [-0.1, -0.05) is 365 Å². The van der Waals surface area contributed by atoms with Crippen LogP contribution in [0.2, 0.25) is 0 Å². The number of carbonyl (C=O) groups is 2. The van der Waals surface area contributed by atoms with E-state index < -0.39 is 12.1 Å². The number of allylic oxidation sites excluding steroid dienone is 5. The number of aliphatic hydroxyl groups is 2. The van der Waals surface area contributed by atoms with Crippen LogP contribution in [0.4, 0.5) is 0 Å². The quantitative estimate of drug-likeness (QED) is 0.0320. The molecule has 0 saturated heterocycles. The van der Waals surface area contributed by atoms with Gasteiger partial charge in [0.2, 0.25) is 5.91 Å². The van der Waals surface area contributed by atoms with E-state index in [9.17, 15) is 19.8 Å². The molecule has 0 saturated carbocycles. The molecule has 0 bridgehead atoms. The van der Waals surface area contributed by atoms with E-state index in [4.69, 9.17) is 4.74 Å². The van der Waals surface area contributed by atoms with Crippen molar-refractivity contribution in [2.24, 2.45) is 0 Å². The lowest BCUT2D eigenvalue weighted by molar-refractivity contribution is -0.143. The Labute approximate surface area is 525 Å². The number of carbonyl (C=O) groups excluding carboxylic acids is 2. The predicted octanol–water partition coefficient (Wildman–Crippen LogP) is 25.0. The van der Waals surface area contributed by atoms with Gasteiger partial charge in [0, 0.05) is 12.8 Å². The molecule has 2 unspecified atom stereocenters. The predicted molar refractivity (Wildman–Crippen MR) is 370 cm³/mol. The lowest BCUT2D eigenvalue weighted by Gasteiger charge is -2.20. The molecule has 2 atom stereocenters. The molecule has 0 heterocycles. The highest BCUT2D eigenvalue weighted by Gasteiger charge is 2.18. The molecule has 0 aromatic carbocycles. The molecule has 0 radical (unpaired) electrons. The molecule has 6 heteroatoms. The Balaban J connectivity index is 3.35. The van der Waals surface area contributed by atoms with Crippen LogP contribution in [0.3, 0.4) is 0 Å². The molecule has 0 aliphatic heterocycles. The normalized spacial score (nSPS) is 12.7. The van der Waals surface area contributed by atoms with Crippen LogP contribution in [0.5, 0.6) is 0 Å². The van der Waals surface area contributed by atoms with E-state index in [2.05, 4.69) is 43.5 Å². The second-order valence-electron chi connectivity index (χ2n) is 26.3. The summed E-state index contributed by atoms with van der Waals surface area (Å²) in [6.07, 6.45) is 95.5. The number of aliphatic hydroxyl groups excluding tert-OH is 2. The number of nitrogens with one attached hydrogen (secondary N) is 1. The van der Waals surface area contributed by atoms with E-state index in [1.807, 2.05) is 6.08 Å². The fraction of sp³-hybridized carbons (Fsp3) is 0.897. The van der Waals surface area contributed by atoms with Gasteiger partial charge in [0.1, 0.15) is 0 Å². The number of unbranched alkanes of at least 4 members (excludes halogenated alkanes) is 57. The molecule has 1 amide bonds. The van der Waals surface area contributed by atoms with Crippen molar-refractivity contribution in [3.8, 4) is 0 Å². The number of hydrogen-bond donors (Lipinski definition) is 3. The highest BCUT2D eigenvalue weighted by Crippen LogP contribution is 2.19. The maximum Gasteiger partial charge on any atom is 0.305 e. The molecule has 496 valence electrons. The third-order valence-corrected chi connectivity index (χ3v) is 17.9. The third-order valence-electron chi connectivity index (χ3n) is 17.9. The van der Waals surface area contributed by atoms with Crippen molar-refractivity contribution in [3.05, 3.63) is 36.5 Å². The van der Waals surface area contributed by atoms with Crippen LogP contribution in [-0.2, 0) is 14.3 Å². The Morgan fingerprint density at radius 3 is 0.869 bits per heavy atom. The van der Waals surface area contributed by atoms with E-state index in [1.165, 1.54) is 353 Å². The van der Waals surface area contributed by atoms with Gasteiger partial charge in [0.05, 0.1) is 25.4 Å². The molecule has 0 aliphatic rings. The standard InChI is InChI=1S/C78H149NO5/c1-3-5-7-9-11-13-15-17-18-19-41-44-47-50-54-58-62-66-70-76(81)75(74-80)79-77(82)71-67-63-59-55-51-48-45-42-39-37-35-33-31-29-27-25-23-21-20-22-24-26-28-30-32-34-36-38-40-43-46-49-53-57-61-65-69-73-84-78(83)72-68-64-60-56-52-16-14-12-10-8-6-4-2/h12,14,20,22,66,70,75-76,80-81H,3-11,13,15-19,21,23-65,67-69,71-74H2,1-2H3,(H,79,82)/b14-12-,22-20-,70-66+. The molecule has 0 fully saturated rings. The maximum atomic E-state index is 12.5. The summed E-state index contributed by atoms with van der Waals surface area (Å²) in [7, 11) is 0. The minimum absolute atomic E-state index is 0.0115. The summed E-state index contributed by atoms with van der Waals surface area (Å²) in [5.74, 6) is -0.0489. The van der Waals surface area contributed by atoms with Gasteiger partial charge >= 0.3 is 5.97 Å². The van der Waals surface area contributed by atoms with E-state index >= 15 is 0 Å². The summed E-state index contributed by atoms with van der Waals surface area (Å²) in [4.78, 5) is 24.5. The van der Waals surface area contributed by atoms with Crippen molar-refractivity contribution in [3.63, 3.8) is 0 Å². The first-order valence-electron chi connectivity index (χ1n) is 38.3. The Hall–Kier alpha value is -1.92. The second-order valence-corrected chi connectivity index (χ2v) is 26.3. The van der Waals surface area contributed by atoms with Crippen LogP contribution >= 0.6 is 0 Å². The average Bonchev–Trinajstić information content (AvgIpc) is 3.52. The van der Waals surface area contributed by atoms with Crippen LogP contribution in [0, 0.1) is 0 Å². The van der Waals surface area contributed by atoms with Gasteiger partial charge < -0.3 is 20.3 Å². The first-order valence-corrected chi connectivity index (χ1v) is 38.3. The maximum absolute atomic E-state index is 12.5. The molecule has 6 nitrogen and oxygen atoms in total. The van der Waals surface area contributed by atoms with Gasteiger partial charge in [-0.25, -0.2) is 0 Å². The van der Waals surface area contributed by atoms with Gasteiger partial charge in [-0.3, -0.25) is 9.59 Å². The monoisotopic (exact) mass is 1180 g/mol. The lowest BCUT2D eigenvalue weighted by atomic mass is 10.0. The topological polar surface area (TPSA) is 95.9 Å². The fourth-order valence-corrected chi connectivity index (χ4v) is 12.0. The average molecular weight is 1180 g/mol. The molecular weight excluding hydrogens is 1030 g/mol. The fourth-order valence-electron chi connectivity index (χ4n) is 12.0. The van der Waals surface area contributed by atoms with Gasteiger partial charge in [-0.2, -0.15) is 0 Å². The summed E-state index contributed by atoms with van der Waals surface area (Å²) in [6, 6.07) is -0.625. The Bertz CT molecular complexity index is 1360. The van der Waals surface area contributed by atoms with Crippen molar-refractivity contribution < 1.29 is 24.5 Å². The second kappa shape index (κ2) is 73.5. The summed E-state index contributed by atoms with van der Waals surface area (Å²) >= 11 is 0.